The molecular weight excluding hydrogens is 228 g/mol. The molecule has 0 aromatic carbocycles. The van der Waals surface area contributed by atoms with Crippen LogP contribution < -0.4 is 0 Å². The fourth-order valence-electron chi connectivity index (χ4n) is 2.33. The summed E-state index contributed by atoms with van der Waals surface area (Å²) in [5.41, 5.74) is 0.376. The van der Waals surface area contributed by atoms with E-state index in [1.165, 1.54) is 12.6 Å². The Labute approximate surface area is 109 Å². The number of hydrazine groups is 1. The van der Waals surface area contributed by atoms with Gasteiger partial charge in [0.05, 0.1) is 18.8 Å². The van der Waals surface area contributed by atoms with E-state index in [0.29, 0.717) is 18.8 Å². The Morgan fingerprint density at radius 2 is 2.22 bits per heavy atom. The van der Waals surface area contributed by atoms with Crippen LogP contribution in [-0.2, 0) is 4.79 Å². The van der Waals surface area contributed by atoms with Crippen molar-refractivity contribution in [3.05, 3.63) is 6.92 Å². The second kappa shape index (κ2) is 6.09. The van der Waals surface area contributed by atoms with Crippen LogP contribution in [0.1, 0.15) is 26.2 Å². The summed E-state index contributed by atoms with van der Waals surface area (Å²) in [6, 6.07) is -0.381. The summed E-state index contributed by atoms with van der Waals surface area (Å²) >= 11 is 0. The summed E-state index contributed by atoms with van der Waals surface area (Å²) in [7, 11) is 0. The van der Waals surface area contributed by atoms with Crippen molar-refractivity contribution in [2.45, 2.75) is 32.2 Å². The lowest BCUT2D eigenvalue weighted by Crippen LogP contribution is -2.51. The zero-order valence-electron chi connectivity index (χ0n) is 10.9. The van der Waals surface area contributed by atoms with E-state index in [4.69, 9.17) is 6.92 Å². The van der Waals surface area contributed by atoms with Crippen molar-refractivity contribution in [3.8, 4) is 0 Å². The Morgan fingerprint density at radius 1 is 1.50 bits per heavy atom. The highest BCUT2D eigenvalue weighted by molar-refractivity contribution is 6.60. The number of piperidine rings is 1. The molecule has 1 saturated heterocycles. The first-order chi connectivity index (χ1) is 8.72. The third-order valence-corrected chi connectivity index (χ3v) is 3.24. The first-order valence-electron chi connectivity index (χ1n) is 6.62. The molecule has 1 amide bonds. The molecule has 0 spiro atoms. The van der Waals surface area contributed by atoms with Gasteiger partial charge in [-0.05, 0) is 26.7 Å². The molecule has 0 aromatic heterocycles. The van der Waals surface area contributed by atoms with Gasteiger partial charge in [-0.2, -0.15) is 0 Å². The molecule has 0 aliphatic carbocycles. The minimum Gasteiger partial charge on any atom is -0.288 e. The number of amides is 1. The van der Waals surface area contributed by atoms with Crippen LogP contribution in [0.3, 0.4) is 0 Å². The van der Waals surface area contributed by atoms with E-state index in [9.17, 15) is 4.79 Å². The average Bonchev–Trinajstić information content (AvgIpc) is 2.41. The number of nitrogens with zero attached hydrogens (tertiary/aromatic N) is 4. The number of carbonyl (C=O) groups is 1. The fourth-order valence-corrected chi connectivity index (χ4v) is 2.33. The van der Waals surface area contributed by atoms with Crippen LogP contribution in [0.5, 0.6) is 0 Å². The van der Waals surface area contributed by atoms with Gasteiger partial charge in [0.1, 0.15) is 5.71 Å². The SMILES string of the molecule is [CH]C1CN=CC(C(=O)N(CC)N2CCCCC2)=N1. The number of hydrogen-bond donors (Lipinski definition) is 0. The Kier molecular flexibility index (Phi) is 4.47. The monoisotopic (exact) mass is 248 g/mol. The molecule has 5 heteroatoms. The van der Waals surface area contributed by atoms with Crippen LogP contribution in [0.15, 0.2) is 9.98 Å². The lowest BCUT2D eigenvalue weighted by molar-refractivity contribution is -0.142. The maximum absolute atomic E-state index is 12.4. The molecule has 18 heavy (non-hydrogen) atoms. The van der Waals surface area contributed by atoms with Crippen molar-refractivity contribution in [1.29, 1.82) is 0 Å². The highest BCUT2D eigenvalue weighted by atomic mass is 16.2. The second-order valence-corrected chi connectivity index (χ2v) is 4.61. The predicted molar refractivity (Wildman–Crippen MR) is 71.7 cm³/mol. The molecule has 2 heterocycles. The summed E-state index contributed by atoms with van der Waals surface area (Å²) in [6.07, 6.45) is 5.07. The number of hydrogen-bond acceptors (Lipinski definition) is 4. The van der Waals surface area contributed by atoms with E-state index in [0.717, 1.165) is 25.9 Å². The Morgan fingerprint density at radius 3 is 2.83 bits per heavy atom. The van der Waals surface area contributed by atoms with Gasteiger partial charge in [0.15, 0.2) is 0 Å². The van der Waals surface area contributed by atoms with E-state index in [2.05, 4.69) is 15.0 Å². The molecule has 0 saturated carbocycles. The van der Waals surface area contributed by atoms with Crippen LogP contribution in [0.4, 0.5) is 0 Å². The minimum absolute atomic E-state index is 0.0849. The smallest absolute Gasteiger partial charge is 0.287 e. The zero-order valence-corrected chi connectivity index (χ0v) is 10.9. The quantitative estimate of drug-likeness (QED) is 0.743. The molecule has 98 valence electrons. The van der Waals surface area contributed by atoms with Gasteiger partial charge < -0.3 is 0 Å². The van der Waals surface area contributed by atoms with Gasteiger partial charge >= 0.3 is 0 Å². The van der Waals surface area contributed by atoms with Gasteiger partial charge in [-0.15, -0.1) is 0 Å². The van der Waals surface area contributed by atoms with Gasteiger partial charge in [-0.1, -0.05) is 6.42 Å². The lowest BCUT2D eigenvalue weighted by atomic mass is 10.1. The first-order valence-corrected chi connectivity index (χ1v) is 6.62. The minimum atomic E-state index is -0.381. The largest absolute Gasteiger partial charge is 0.288 e. The van der Waals surface area contributed by atoms with Crippen LogP contribution in [0, 0.1) is 6.92 Å². The third-order valence-electron chi connectivity index (χ3n) is 3.24. The van der Waals surface area contributed by atoms with Gasteiger partial charge in [-0.25, -0.2) is 5.01 Å². The summed E-state index contributed by atoms with van der Waals surface area (Å²) in [5, 5.41) is 3.88. The van der Waals surface area contributed by atoms with Gasteiger partial charge in [-0.3, -0.25) is 19.8 Å². The number of aliphatic imine (C=N–C) groups is 2. The number of carbonyl (C=O) groups excluding carboxylic acids is 1. The fraction of sp³-hybridized carbons (Fsp3) is 0.692. The normalized spacial score (nSPS) is 24.8. The van der Waals surface area contributed by atoms with Crippen LogP contribution in [0.2, 0.25) is 0 Å². The van der Waals surface area contributed by atoms with E-state index in [-0.39, 0.29) is 11.9 Å². The maximum atomic E-state index is 12.4. The Balaban J connectivity index is 2.07. The molecule has 5 nitrogen and oxygen atoms in total. The van der Waals surface area contributed by atoms with E-state index >= 15 is 0 Å². The summed E-state index contributed by atoms with van der Waals surface area (Å²) < 4.78 is 0. The third kappa shape index (κ3) is 2.96. The van der Waals surface area contributed by atoms with Crippen LogP contribution in [0.25, 0.3) is 0 Å². The molecule has 1 unspecified atom stereocenters. The van der Waals surface area contributed by atoms with Crippen LogP contribution in [-0.4, -0.2) is 60.1 Å². The van der Waals surface area contributed by atoms with Gasteiger partial charge in [0.25, 0.3) is 5.91 Å². The second-order valence-electron chi connectivity index (χ2n) is 4.61. The highest BCUT2D eigenvalue weighted by Crippen LogP contribution is 2.12. The standard InChI is InChI=1S/C13H20N4O/c1-3-17(16-7-5-4-6-8-16)13(18)12-10-14-9-11(2)15-12/h2,10-11H,3-9H2,1H3. The summed E-state index contributed by atoms with van der Waals surface area (Å²) in [6.45, 7) is 10.7. The average molecular weight is 248 g/mol. The molecule has 2 aliphatic heterocycles. The molecular formula is C13H20N4O. The van der Waals surface area contributed by atoms with Crippen molar-refractivity contribution in [3.63, 3.8) is 0 Å². The molecule has 2 aliphatic rings. The zero-order chi connectivity index (χ0) is 13.0. The highest BCUT2D eigenvalue weighted by Gasteiger charge is 2.25. The molecule has 1 atom stereocenters. The molecule has 0 N–H and O–H groups in total. The molecule has 2 rings (SSSR count). The first kappa shape index (κ1) is 13.2. The van der Waals surface area contributed by atoms with Crippen molar-refractivity contribution in [2.75, 3.05) is 26.2 Å². The Bertz CT molecular complexity index is 358. The van der Waals surface area contributed by atoms with Crippen molar-refractivity contribution < 1.29 is 4.79 Å². The summed E-state index contributed by atoms with van der Waals surface area (Å²) in [5.74, 6) is -0.0849. The van der Waals surface area contributed by atoms with E-state index in [1.54, 1.807) is 5.01 Å². The van der Waals surface area contributed by atoms with Crippen molar-refractivity contribution >= 4 is 17.8 Å². The maximum Gasteiger partial charge on any atom is 0.287 e. The molecule has 2 radical (unpaired) electrons. The summed E-state index contributed by atoms with van der Waals surface area (Å²) in [4.78, 5) is 20.6. The van der Waals surface area contributed by atoms with E-state index in [1.807, 2.05) is 6.92 Å². The lowest BCUT2D eigenvalue weighted by Gasteiger charge is -2.36. The molecule has 1 fully saturated rings. The topological polar surface area (TPSA) is 48.3 Å². The van der Waals surface area contributed by atoms with E-state index < -0.39 is 0 Å². The predicted octanol–water partition coefficient (Wildman–Crippen LogP) is 0.841. The Hall–Kier alpha value is -1.23. The molecule has 0 bridgehead atoms. The van der Waals surface area contributed by atoms with Crippen molar-refractivity contribution in [1.82, 2.24) is 10.0 Å². The van der Waals surface area contributed by atoms with Crippen molar-refractivity contribution in [2.24, 2.45) is 9.98 Å². The van der Waals surface area contributed by atoms with Gasteiger partial charge in [0, 0.05) is 19.6 Å². The van der Waals surface area contributed by atoms with Crippen LogP contribution >= 0.6 is 0 Å². The number of rotatable bonds is 3. The molecule has 0 aromatic rings. The van der Waals surface area contributed by atoms with Gasteiger partial charge in [0.2, 0.25) is 0 Å².